The average Bonchev–Trinajstić information content (AvgIpc) is 2.49. The van der Waals surface area contributed by atoms with Crippen LogP contribution in [-0.4, -0.2) is 24.3 Å². The molecule has 2 heteroatoms. The maximum atomic E-state index is 12.5. The fourth-order valence-corrected chi connectivity index (χ4v) is 3.39. The molecule has 0 aliphatic heterocycles. The van der Waals surface area contributed by atoms with Crippen molar-refractivity contribution in [2.24, 2.45) is 0 Å². The third-order valence-corrected chi connectivity index (χ3v) is 4.68. The van der Waals surface area contributed by atoms with Crippen LogP contribution >= 0.6 is 0 Å². The first-order valence-electron chi connectivity index (χ1n) is 10.3. The predicted molar refractivity (Wildman–Crippen MR) is 99.9 cm³/mol. The lowest BCUT2D eigenvalue weighted by molar-refractivity contribution is -0.881. The van der Waals surface area contributed by atoms with E-state index in [0.717, 1.165) is 38.9 Å². The van der Waals surface area contributed by atoms with Crippen molar-refractivity contribution in [1.29, 1.82) is 0 Å². The lowest BCUT2D eigenvalue weighted by Gasteiger charge is -2.42. The predicted octanol–water partition coefficient (Wildman–Crippen LogP) is 6.82. The van der Waals surface area contributed by atoms with Gasteiger partial charge in [-0.15, -0.1) is 0 Å². The Bertz CT molecular complexity index is 212. The Morgan fingerprint density at radius 2 is 0.818 bits per heavy atom. The van der Waals surface area contributed by atoms with Crippen molar-refractivity contribution in [2.75, 3.05) is 19.6 Å². The minimum absolute atomic E-state index is 0.0603. The summed E-state index contributed by atoms with van der Waals surface area (Å²) in [5.74, 6) is 0. The average molecular weight is 314 g/mol. The smallest absolute Gasteiger partial charge is 0.0783 e. The summed E-state index contributed by atoms with van der Waals surface area (Å²) in [6, 6.07) is 0. The van der Waals surface area contributed by atoms with Crippen LogP contribution in [0.2, 0.25) is 0 Å². The van der Waals surface area contributed by atoms with Crippen molar-refractivity contribution in [3.63, 3.8) is 0 Å². The summed E-state index contributed by atoms with van der Waals surface area (Å²) in [5, 5.41) is 12.5. The first-order valence-corrected chi connectivity index (χ1v) is 10.3. The number of hydroxylamine groups is 3. The van der Waals surface area contributed by atoms with E-state index in [9.17, 15) is 5.21 Å². The van der Waals surface area contributed by atoms with Gasteiger partial charge in [-0.25, -0.2) is 0 Å². The molecule has 0 saturated heterocycles. The fourth-order valence-electron chi connectivity index (χ4n) is 3.39. The van der Waals surface area contributed by atoms with Gasteiger partial charge in [0.25, 0.3) is 0 Å². The molecule has 0 N–H and O–H groups in total. The number of nitrogens with zero attached hydrogens (tertiary/aromatic N) is 1. The summed E-state index contributed by atoms with van der Waals surface area (Å²) < 4.78 is 0.0603. The molecule has 0 amide bonds. The van der Waals surface area contributed by atoms with E-state index >= 15 is 0 Å². The number of hydrogen-bond donors (Lipinski definition) is 0. The fraction of sp³-hybridized carbons (Fsp3) is 1.00. The van der Waals surface area contributed by atoms with E-state index in [4.69, 9.17) is 0 Å². The minimum atomic E-state index is 0.0603. The molecule has 0 bridgehead atoms. The highest BCUT2D eigenvalue weighted by molar-refractivity contribution is 4.50. The molecule has 0 aliphatic carbocycles. The van der Waals surface area contributed by atoms with Gasteiger partial charge in [0.15, 0.2) is 0 Å². The molecular weight excluding hydrogens is 270 g/mol. The van der Waals surface area contributed by atoms with E-state index in [1.807, 2.05) is 0 Å². The molecule has 134 valence electrons. The van der Waals surface area contributed by atoms with E-state index in [0.29, 0.717) is 0 Å². The van der Waals surface area contributed by atoms with Crippen LogP contribution in [0.5, 0.6) is 0 Å². The Hall–Kier alpha value is -0.0800. The lowest BCUT2D eigenvalue weighted by atomic mass is 10.1. The molecule has 22 heavy (non-hydrogen) atoms. The zero-order valence-corrected chi connectivity index (χ0v) is 15.9. The van der Waals surface area contributed by atoms with Crippen molar-refractivity contribution in [3.05, 3.63) is 5.21 Å². The number of unbranched alkanes of at least 4 members (excludes halogenated alkanes) is 11. The van der Waals surface area contributed by atoms with Gasteiger partial charge < -0.3 is 9.85 Å². The van der Waals surface area contributed by atoms with Crippen LogP contribution in [0.15, 0.2) is 0 Å². The van der Waals surface area contributed by atoms with Gasteiger partial charge in [-0.05, 0) is 25.7 Å². The number of rotatable bonds is 17. The highest BCUT2D eigenvalue weighted by Crippen LogP contribution is 2.14. The molecule has 0 aliphatic rings. The van der Waals surface area contributed by atoms with E-state index in [1.165, 1.54) is 70.6 Å². The lowest BCUT2D eigenvalue weighted by Crippen LogP contribution is -2.44. The Balaban J connectivity index is 3.34. The summed E-state index contributed by atoms with van der Waals surface area (Å²) in [6.07, 6.45) is 18.4. The second kappa shape index (κ2) is 15.8. The van der Waals surface area contributed by atoms with E-state index in [-0.39, 0.29) is 4.65 Å². The van der Waals surface area contributed by atoms with Crippen LogP contribution in [-0.2, 0) is 0 Å². The van der Waals surface area contributed by atoms with Gasteiger partial charge in [0.2, 0.25) is 0 Å². The quantitative estimate of drug-likeness (QED) is 0.164. The van der Waals surface area contributed by atoms with Gasteiger partial charge in [0.05, 0.1) is 19.6 Å². The largest absolute Gasteiger partial charge is 0.633 e. The summed E-state index contributed by atoms with van der Waals surface area (Å²) >= 11 is 0. The third-order valence-electron chi connectivity index (χ3n) is 4.68. The standard InChI is InChI=1S/C20H43NO/c1-4-7-8-9-10-11-12-13-14-15-16-17-20-21(22,18-5-2)19-6-3/h4-20H2,1-3H3. The summed E-state index contributed by atoms with van der Waals surface area (Å²) in [4.78, 5) is 0. The minimum Gasteiger partial charge on any atom is -0.633 e. The van der Waals surface area contributed by atoms with Gasteiger partial charge in [0.1, 0.15) is 0 Å². The van der Waals surface area contributed by atoms with E-state index in [1.54, 1.807) is 0 Å². The topological polar surface area (TPSA) is 23.1 Å². The maximum Gasteiger partial charge on any atom is 0.0783 e. The third kappa shape index (κ3) is 13.6. The van der Waals surface area contributed by atoms with Gasteiger partial charge >= 0.3 is 0 Å². The SMILES string of the molecule is CCCCCCCCCCCCCC[N+]([O-])(CCC)CCC. The number of quaternary nitrogens is 1. The monoisotopic (exact) mass is 313 g/mol. The zero-order chi connectivity index (χ0) is 16.5. The van der Waals surface area contributed by atoms with Crippen molar-refractivity contribution >= 4 is 0 Å². The molecular formula is C20H43NO. The highest BCUT2D eigenvalue weighted by atomic mass is 16.5. The molecule has 0 aromatic carbocycles. The van der Waals surface area contributed by atoms with Crippen molar-refractivity contribution < 1.29 is 4.65 Å². The molecule has 2 nitrogen and oxygen atoms in total. The first kappa shape index (κ1) is 21.9. The zero-order valence-electron chi connectivity index (χ0n) is 15.9. The summed E-state index contributed by atoms with van der Waals surface area (Å²) in [6.45, 7) is 9.00. The molecule has 0 rings (SSSR count). The Labute approximate surface area is 140 Å². The Morgan fingerprint density at radius 3 is 1.18 bits per heavy atom. The summed E-state index contributed by atoms with van der Waals surface area (Å²) in [7, 11) is 0. The molecule has 0 atom stereocenters. The first-order chi connectivity index (χ1) is 10.7. The summed E-state index contributed by atoms with van der Waals surface area (Å²) in [5.41, 5.74) is 0. The van der Waals surface area contributed by atoms with Crippen LogP contribution in [0.1, 0.15) is 111 Å². The van der Waals surface area contributed by atoms with Crippen LogP contribution in [0.25, 0.3) is 0 Å². The van der Waals surface area contributed by atoms with Crippen molar-refractivity contribution in [2.45, 2.75) is 111 Å². The van der Waals surface area contributed by atoms with Crippen LogP contribution < -0.4 is 0 Å². The molecule has 0 saturated carbocycles. The van der Waals surface area contributed by atoms with Crippen LogP contribution in [0, 0.1) is 5.21 Å². The molecule has 0 fully saturated rings. The van der Waals surface area contributed by atoms with Gasteiger partial charge in [-0.3, -0.25) is 0 Å². The van der Waals surface area contributed by atoms with E-state index < -0.39 is 0 Å². The van der Waals surface area contributed by atoms with Gasteiger partial charge in [0, 0.05) is 0 Å². The maximum absolute atomic E-state index is 12.5. The Kier molecular flexibility index (Phi) is 15.7. The molecule has 0 heterocycles. The molecule has 0 unspecified atom stereocenters. The molecule has 0 radical (unpaired) electrons. The van der Waals surface area contributed by atoms with Gasteiger partial charge in [-0.1, -0.05) is 85.0 Å². The Morgan fingerprint density at radius 1 is 0.455 bits per heavy atom. The van der Waals surface area contributed by atoms with Crippen molar-refractivity contribution in [3.8, 4) is 0 Å². The molecule has 0 aromatic heterocycles. The van der Waals surface area contributed by atoms with Crippen LogP contribution in [0.3, 0.4) is 0 Å². The molecule has 0 spiro atoms. The van der Waals surface area contributed by atoms with Crippen LogP contribution in [0.4, 0.5) is 0 Å². The van der Waals surface area contributed by atoms with Crippen molar-refractivity contribution in [1.82, 2.24) is 0 Å². The second-order valence-electron chi connectivity index (χ2n) is 7.12. The second-order valence-corrected chi connectivity index (χ2v) is 7.12. The molecule has 0 aromatic rings. The normalized spacial score (nSPS) is 12.0. The van der Waals surface area contributed by atoms with Gasteiger partial charge in [-0.2, -0.15) is 0 Å². The van der Waals surface area contributed by atoms with E-state index in [2.05, 4.69) is 20.8 Å². The number of hydrogen-bond acceptors (Lipinski definition) is 1. The highest BCUT2D eigenvalue weighted by Gasteiger charge is 2.13.